The molecule has 0 fully saturated rings. The summed E-state index contributed by atoms with van der Waals surface area (Å²) < 4.78 is 54.1. The highest BCUT2D eigenvalue weighted by Gasteiger charge is 2.34. The lowest BCUT2D eigenvalue weighted by Crippen LogP contribution is -2.26. The highest BCUT2D eigenvalue weighted by Crippen LogP contribution is 2.33. The molecule has 0 aliphatic rings. The van der Waals surface area contributed by atoms with Crippen molar-refractivity contribution in [3.63, 3.8) is 0 Å². The second-order valence-corrected chi connectivity index (χ2v) is 7.77. The van der Waals surface area contributed by atoms with Crippen LogP contribution in [0.5, 0.6) is 0 Å². The van der Waals surface area contributed by atoms with Gasteiger partial charge >= 0.3 is 6.18 Å². The molecule has 0 bridgehead atoms. The molecule has 5 nitrogen and oxygen atoms in total. The minimum atomic E-state index is -4.75. The van der Waals surface area contributed by atoms with Gasteiger partial charge in [0.15, 0.2) is 0 Å². The Bertz CT molecular complexity index is 1210. The second kappa shape index (κ2) is 10.5. The topological polar surface area (TPSA) is 61.0 Å². The van der Waals surface area contributed by atoms with Crippen LogP contribution in [-0.4, -0.2) is 15.9 Å². The third kappa shape index (κ3) is 5.65. The van der Waals surface area contributed by atoms with Crippen LogP contribution in [0, 0.1) is 12.7 Å². The Hall–Kier alpha value is -3.62. The number of anilines is 1. The molecular weight excluding hydrogens is 448 g/mol. The zero-order chi connectivity index (χ0) is 24.9. The number of aromatic nitrogens is 2. The summed E-state index contributed by atoms with van der Waals surface area (Å²) in [6, 6.07) is 6.08. The molecule has 0 spiro atoms. The van der Waals surface area contributed by atoms with Crippen LogP contribution < -0.4 is 10.2 Å². The molecule has 0 aliphatic heterocycles. The molecule has 3 rings (SSSR count). The summed E-state index contributed by atoms with van der Waals surface area (Å²) in [4.78, 5) is 22.2. The van der Waals surface area contributed by atoms with Gasteiger partial charge in [-0.3, -0.25) is 4.79 Å². The largest absolute Gasteiger partial charge is 0.416 e. The molecule has 0 aliphatic carbocycles. The van der Waals surface area contributed by atoms with E-state index in [1.807, 2.05) is 12.3 Å². The van der Waals surface area contributed by atoms with Gasteiger partial charge in [-0.15, -0.1) is 0 Å². The number of nitrogens with zero attached hydrogens (tertiary/aromatic N) is 2. The molecule has 2 aromatic carbocycles. The Morgan fingerprint density at radius 3 is 2.74 bits per heavy atom. The molecule has 1 amide bonds. The summed E-state index contributed by atoms with van der Waals surface area (Å²) in [7, 11) is 0. The van der Waals surface area contributed by atoms with Crippen LogP contribution in [0.25, 0.3) is 11.0 Å². The van der Waals surface area contributed by atoms with Gasteiger partial charge in [0.1, 0.15) is 17.2 Å². The van der Waals surface area contributed by atoms with Crippen molar-refractivity contribution in [2.24, 2.45) is 0 Å². The first kappa shape index (κ1) is 25.0. The molecule has 0 radical (unpaired) electrons. The molecular formula is C25H26F4N4O. The van der Waals surface area contributed by atoms with Crippen LogP contribution in [0.15, 0.2) is 55.4 Å². The highest BCUT2D eigenvalue weighted by molar-refractivity contribution is 6.06. The third-order valence-corrected chi connectivity index (χ3v) is 5.27. The monoisotopic (exact) mass is 474 g/mol. The molecule has 1 heterocycles. The zero-order valence-corrected chi connectivity index (χ0v) is 19.0. The number of unbranched alkanes of at least 4 members (excludes halogenated alkanes) is 2. The number of rotatable bonds is 9. The van der Waals surface area contributed by atoms with Gasteiger partial charge in [0.2, 0.25) is 0 Å². The lowest BCUT2D eigenvalue weighted by Gasteiger charge is -2.17. The van der Waals surface area contributed by atoms with Gasteiger partial charge in [0, 0.05) is 30.2 Å². The van der Waals surface area contributed by atoms with Gasteiger partial charge < -0.3 is 15.2 Å². The number of halogens is 4. The molecule has 3 aromatic rings. The SMILES string of the molecule is C=CN(/C=C\CCCC)c1cc(C(=O)NCc2c(F)cccc2C(F)(F)F)c2nc(C)[nH]c2c1. The Morgan fingerprint density at radius 2 is 2.06 bits per heavy atom. The first-order valence-corrected chi connectivity index (χ1v) is 10.9. The van der Waals surface area contributed by atoms with E-state index in [1.54, 1.807) is 30.2 Å². The van der Waals surface area contributed by atoms with E-state index in [0.29, 0.717) is 22.5 Å². The molecule has 9 heteroatoms. The number of aryl methyl sites for hydroxylation is 1. The van der Waals surface area contributed by atoms with Crippen molar-refractivity contribution < 1.29 is 22.4 Å². The quantitative estimate of drug-likeness (QED) is 0.271. The van der Waals surface area contributed by atoms with Crippen molar-refractivity contribution in [2.45, 2.75) is 45.8 Å². The van der Waals surface area contributed by atoms with Crippen LogP contribution in [0.4, 0.5) is 23.2 Å². The summed E-state index contributed by atoms with van der Waals surface area (Å²) in [6.07, 6.45) is 3.63. The fraction of sp³-hybridized carbons (Fsp3) is 0.280. The molecule has 0 atom stereocenters. The maximum absolute atomic E-state index is 14.2. The van der Waals surface area contributed by atoms with E-state index in [1.165, 1.54) is 0 Å². The number of imidazole rings is 1. The van der Waals surface area contributed by atoms with Crippen molar-refractivity contribution >= 4 is 22.6 Å². The standard InChI is InChI=1S/C25H26F4N4O/c1-4-6-7-8-12-33(5-2)17-13-18(23-22(14-17)31-16(3)32-23)24(34)30-15-19-20(25(27,28)29)10-9-11-21(19)26/h5,8-14H,2,4,6-7,15H2,1,3H3,(H,30,34)(H,31,32)/b12-8-. The van der Waals surface area contributed by atoms with E-state index in [9.17, 15) is 22.4 Å². The molecule has 0 unspecified atom stereocenters. The average molecular weight is 475 g/mol. The Labute approximate surface area is 195 Å². The number of hydrogen-bond donors (Lipinski definition) is 2. The van der Waals surface area contributed by atoms with Crippen molar-refractivity contribution in [1.82, 2.24) is 15.3 Å². The smallest absolute Gasteiger partial charge is 0.348 e. The fourth-order valence-electron chi connectivity index (χ4n) is 3.58. The zero-order valence-electron chi connectivity index (χ0n) is 19.0. The number of fused-ring (bicyclic) bond motifs is 1. The minimum absolute atomic E-state index is 0.149. The number of allylic oxidation sites excluding steroid dienone is 1. The molecule has 0 saturated heterocycles. The molecule has 180 valence electrons. The molecule has 1 aromatic heterocycles. The molecule has 0 saturated carbocycles. The molecule has 34 heavy (non-hydrogen) atoms. The van der Waals surface area contributed by atoms with Crippen molar-refractivity contribution in [1.29, 1.82) is 0 Å². The van der Waals surface area contributed by atoms with Crippen LogP contribution in [0.1, 0.15) is 53.5 Å². The Balaban J connectivity index is 1.94. The van der Waals surface area contributed by atoms with Crippen LogP contribution >= 0.6 is 0 Å². The number of nitrogens with one attached hydrogen (secondary N) is 2. The number of hydrogen-bond acceptors (Lipinski definition) is 3. The van der Waals surface area contributed by atoms with Gasteiger partial charge in [0.05, 0.1) is 16.6 Å². The van der Waals surface area contributed by atoms with E-state index in [2.05, 4.69) is 28.8 Å². The summed E-state index contributed by atoms with van der Waals surface area (Å²) in [5.74, 6) is -1.15. The normalized spacial score (nSPS) is 11.8. The fourth-order valence-corrected chi connectivity index (χ4v) is 3.58. The van der Waals surface area contributed by atoms with Gasteiger partial charge in [-0.2, -0.15) is 13.2 Å². The van der Waals surface area contributed by atoms with Gasteiger partial charge in [-0.25, -0.2) is 9.37 Å². The second-order valence-electron chi connectivity index (χ2n) is 7.77. The van der Waals surface area contributed by atoms with Gasteiger partial charge in [0.25, 0.3) is 5.91 Å². The number of amides is 1. The van der Waals surface area contributed by atoms with E-state index in [-0.39, 0.29) is 5.56 Å². The first-order valence-electron chi connectivity index (χ1n) is 10.9. The van der Waals surface area contributed by atoms with Crippen LogP contribution in [0.3, 0.4) is 0 Å². The number of carbonyl (C=O) groups excluding carboxylic acids is 1. The van der Waals surface area contributed by atoms with Gasteiger partial charge in [-0.1, -0.05) is 38.5 Å². The summed E-state index contributed by atoms with van der Waals surface area (Å²) >= 11 is 0. The number of aromatic amines is 1. The van der Waals surface area contributed by atoms with Crippen molar-refractivity contribution in [3.05, 3.63) is 83.7 Å². The molecule has 2 N–H and O–H groups in total. The maximum Gasteiger partial charge on any atom is 0.416 e. The first-order chi connectivity index (χ1) is 16.2. The third-order valence-electron chi connectivity index (χ3n) is 5.27. The summed E-state index contributed by atoms with van der Waals surface area (Å²) in [5, 5.41) is 2.42. The summed E-state index contributed by atoms with van der Waals surface area (Å²) in [6.45, 7) is 7.01. The van der Waals surface area contributed by atoms with Crippen molar-refractivity contribution in [3.8, 4) is 0 Å². The van der Waals surface area contributed by atoms with E-state index in [4.69, 9.17) is 0 Å². The van der Waals surface area contributed by atoms with Crippen LogP contribution in [-0.2, 0) is 12.7 Å². The number of benzene rings is 2. The summed E-state index contributed by atoms with van der Waals surface area (Å²) in [5.41, 5.74) is -0.0440. The van der Waals surface area contributed by atoms with Crippen molar-refractivity contribution in [2.75, 3.05) is 4.90 Å². The minimum Gasteiger partial charge on any atom is -0.348 e. The lowest BCUT2D eigenvalue weighted by atomic mass is 10.1. The highest BCUT2D eigenvalue weighted by atomic mass is 19.4. The maximum atomic E-state index is 14.2. The average Bonchev–Trinajstić information content (AvgIpc) is 3.16. The van der Waals surface area contributed by atoms with E-state index in [0.717, 1.165) is 37.5 Å². The Kier molecular flexibility index (Phi) is 7.75. The predicted octanol–water partition coefficient (Wildman–Crippen LogP) is 6.61. The van der Waals surface area contributed by atoms with E-state index >= 15 is 0 Å². The lowest BCUT2D eigenvalue weighted by molar-refractivity contribution is -0.138. The number of carbonyl (C=O) groups is 1. The number of H-pyrrole nitrogens is 1. The van der Waals surface area contributed by atoms with Gasteiger partial charge in [-0.05, 0) is 37.6 Å². The van der Waals surface area contributed by atoms with Crippen LogP contribution in [0.2, 0.25) is 0 Å². The Morgan fingerprint density at radius 1 is 1.29 bits per heavy atom. The predicted molar refractivity (Wildman–Crippen MR) is 125 cm³/mol. The number of alkyl halides is 3. The van der Waals surface area contributed by atoms with E-state index < -0.39 is 35.6 Å².